The van der Waals surface area contributed by atoms with Crippen LogP contribution in [0, 0.1) is 17.0 Å². The molecule has 3 aromatic rings. The first-order valence-corrected chi connectivity index (χ1v) is 9.25. The normalized spacial score (nSPS) is 10.9. The van der Waals surface area contributed by atoms with Crippen LogP contribution in [0.3, 0.4) is 0 Å². The van der Waals surface area contributed by atoms with Gasteiger partial charge in [-0.25, -0.2) is 4.79 Å². The molecule has 0 atom stereocenters. The van der Waals surface area contributed by atoms with Gasteiger partial charge in [-0.05, 0) is 42.2 Å². The van der Waals surface area contributed by atoms with Crippen LogP contribution in [0.5, 0.6) is 0 Å². The largest absolute Gasteiger partial charge is 0.329 e. The predicted octanol–water partition coefficient (Wildman–Crippen LogP) is 2.55. The minimum absolute atomic E-state index is 0.0346. The van der Waals surface area contributed by atoms with Gasteiger partial charge in [-0.15, -0.1) is 0 Å². The van der Waals surface area contributed by atoms with Gasteiger partial charge < -0.3 is 0 Å². The summed E-state index contributed by atoms with van der Waals surface area (Å²) in [7, 11) is 0. The summed E-state index contributed by atoms with van der Waals surface area (Å²) in [6.07, 6.45) is 3.11. The van der Waals surface area contributed by atoms with E-state index in [0.717, 1.165) is 6.07 Å². The number of hydrogen-bond acceptors (Lipinski definition) is 6. The maximum atomic E-state index is 13.5. The molecule has 1 aromatic carbocycles. The molecule has 0 radical (unpaired) electrons. The molecule has 3 rings (SSSR count). The molecule has 9 heteroatoms. The van der Waals surface area contributed by atoms with E-state index in [4.69, 9.17) is 0 Å². The number of carbonyl (C=O) groups excluding carboxylic acids is 1. The minimum Gasteiger partial charge on any atom is -0.287 e. The Bertz CT molecular complexity index is 1240. The summed E-state index contributed by atoms with van der Waals surface area (Å²) in [5, 5.41) is 11.2. The van der Waals surface area contributed by atoms with Gasteiger partial charge in [-0.3, -0.25) is 34.2 Å². The third-order valence-electron chi connectivity index (χ3n) is 4.65. The Kier molecular flexibility index (Phi) is 5.72. The second-order valence-corrected chi connectivity index (χ2v) is 7.26. The fraction of sp³-hybridized carbons (Fsp3) is 0.238. The summed E-state index contributed by atoms with van der Waals surface area (Å²) >= 11 is 0. The molecular weight excluding hydrogens is 388 g/mol. The number of aryl methyl sites for hydroxylation is 1. The third-order valence-corrected chi connectivity index (χ3v) is 4.65. The average molecular weight is 408 g/mol. The van der Waals surface area contributed by atoms with Gasteiger partial charge in [0.1, 0.15) is 5.69 Å². The number of nitrogens with one attached hydrogen (secondary N) is 1. The number of pyridine rings is 1. The van der Waals surface area contributed by atoms with Crippen molar-refractivity contribution in [1.29, 1.82) is 0 Å². The Labute approximate surface area is 171 Å². The lowest BCUT2D eigenvalue weighted by Gasteiger charge is -2.17. The van der Waals surface area contributed by atoms with E-state index in [9.17, 15) is 24.5 Å². The Morgan fingerprint density at radius 3 is 2.47 bits per heavy atom. The van der Waals surface area contributed by atoms with E-state index in [1.54, 1.807) is 45.3 Å². The zero-order valence-electron chi connectivity index (χ0n) is 16.7. The number of carbonyl (C=O) groups is 1. The lowest BCUT2D eigenvalue weighted by molar-refractivity contribution is -0.384. The van der Waals surface area contributed by atoms with E-state index >= 15 is 0 Å². The maximum absolute atomic E-state index is 13.5. The quantitative estimate of drug-likeness (QED) is 0.379. The molecule has 154 valence electrons. The Morgan fingerprint density at radius 1 is 1.20 bits per heavy atom. The standard InChI is InChI=1S/C21H20N4O5/c1-12(2)17-18(19(26)15-8-13(3)9-16(10-15)25(29)30)24(21(28)23-20(17)27)11-14-4-6-22-7-5-14/h4-10,12H,11H2,1-3H3,(H,23,27,28). The number of nitrogens with zero attached hydrogens (tertiary/aromatic N) is 3. The summed E-state index contributed by atoms with van der Waals surface area (Å²) in [6, 6.07) is 7.39. The molecule has 0 unspecified atom stereocenters. The molecule has 0 saturated carbocycles. The van der Waals surface area contributed by atoms with E-state index in [0.29, 0.717) is 11.1 Å². The number of H-pyrrole nitrogens is 1. The van der Waals surface area contributed by atoms with Gasteiger partial charge in [0.2, 0.25) is 5.78 Å². The molecule has 2 heterocycles. The molecule has 9 nitrogen and oxygen atoms in total. The number of non-ortho nitro benzene ring substituents is 1. The van der Waals surface area contributed by atoms with Crippen molar-refractivity contribution in [2.24, 2.45) is 0 Å². The highest BCUT2D eigenvalue weighted by Gasteiger charge is 2.26. The first kappa shape index (κ1) is 20.8. The molecule has 0 aliphatic rings. The van der Waals surface area contributed by atoms with Crippen LogP contribution in [0.4, 0.5) is 5.69 Å². The van der Waals surface area contributed by atoms with Gasteiger partial charge in [0.05, 0.1) is 11.5 Å². The first-order chi connectivity index (χ1) is 14.2. The van der Waals surface area contributed by atoms with Crippen molar-refractivity contribution in [2.45, 2.75) is 33.2 Å². The van der Waals surface area contributed by atoms with Gasteiger partial charge in [0.15, 0.2) is 0 Å². The van der Waals surface area contributed by atoms with Crippen LogP contribution < -0.4 is 11.2 Å². The number of hydrogen-bond donors (Lipinski definition) is 1. The maximum Gasteiger partial charge on any atom is 0.329 e. The molecule has 0 saturated heterocycles. The molecule has 30 heavy (non-hydrogen) atoms. The van der Waals surface area contributed by atoms with Gasteiger partial charge in [-0.1, -0.05) is 13.8 Å². The van der Waals surface area contributed by atoms with Crippen LogP contribution >= 0.6 is 0 Å². The summed E-state index contributed by atoms with van der Waals surface area (Å²) in [5.41, 5.74) is -0.273. The topological polar surface area (TPSA) is 128 Å². The van der Waals surface area contributed by atoms with Gasteiger partial charge in [0, 0.05) is 35.7 Å². The smallest absolute Gasteiger partial charge is 0.287 e. The predicted molar refractivity (Wildman–Crippen MR) is 110 cm³/mol. The van der Waals surface area contributed by atoms with Crippen LogP contribution in [0.1, 0.15) is 52.5 Å². The molecule has 2 aromatic heterocycles. The van der Waals surface area contributed by atoms with Crippen molar-refractivity contribution in [1.82, 2.24) is 14.5 Å². The van der Waals surface area contributed by atoms with Gasteiger partial charge in [-0.2, -0.15) is 0 Å². The number of nitro groups is 1. The summed E-state index contributed by atoms with van der Waals surface area (Å²) in [5.74, 6) is -0.987. The van der Waals surface area contributed by atoms with E-state index < -0.39 is 22.0 Å². The van der Waals surface area contributed by atoms with Crippen molar-refractivity contribution < 1.29 is 9.72 Å². The molecule has 1 N–H and O–H groups in total. The Morgan fingerprint density at radius 2 is 1.87 bits per heavy atom. The number of ketones is 1. The zero-order chi connectivity index (χ0) is 22.0. The van der Waals surface area contributed by atoms with Gasteiger partial charge in [0.25, 0.3) is 11.2 Å². The Balaban J connectivity index is 2.29. The van der Waals surface area contributed by atoms with Crippen LogP contribution in [0.25, 0.3) is 0 Å². The molecular formula is C21H20N4O5. The van der Waals surface area contributed by atoms with Crippen molar-refractivity contribution in [3.8, 4) is 0 Å². The first-order valence-electron chi connectivity index (χ1n) is 9.25. The van der Waals surface area contributed by atoms with Crippen molar-refractivity contribution >= 4 is 11.5 Å². The van der Waals surface area contributed by atoms with E-state index in [1.807, 2.05) is 0 Å². The Hall–Kier alpha value is -3.88. The summed E-state index contributed by atoms with van der Waals surface area (Å²) in [6.45, 7) is 5.14. The summed E-state index contributed by atoms with van der Waals surface area (Å²) < 4.78 is 1.20. The van der Waals surface area contributed by atoms with Crippen molar-refractivity contribution in [2.75, 3.05) is 0 Å². The zero-order valence-corrected chi connectivity index (χ0v) is 16.7. The summed E-state index contributed by atoms with van der Waals surface area (Å²) in [4.78, 5) is 55.5. The van der Waals surface area contributed by atoms with Crippen LogP contribution in [0.15, 0.2) is 52.3 Å². The number of nitro benzene ring substituents is 1. The SMILES string of the molecule is Cc1cc(C(=O)c2c(C(C)C)c(=O)[nH]c(=O)n2Cc2ccncc2)cc([N+](=O)[O-])c1. The highest BCUT2D eigenvalue weighted by molar-refractivity contribution is 6.09. The molecule has 0 aliphatic heterocycles. The second-order valence-electron chi connectivity index (χ2n) is 7.26. The lowest BCUT2D eigenvalue weighted by Crippen LogP contribution is -2.38. The molecule has 0 aliphatic carbocycles. The molecule has 0 bridgehead atoms. The highest BCUT2D eigenvalue weighted by atomic mass is 16.6. The molecule has 0 amide bonds. The van der Waals surface area contributed by atoms with Crippen molar-refractivity contribution in [3.05, 3.63) is 102 Å². The lowest BCUT2D eigenvalue weighted by atomic mass is 9.96. The third kappa shape index (κ3) is 4.09. The number of benzene rings is 1. The molecule has 0 fully saturated rings. The average Bonchev–Trinajstić information content (AvgIpc) is 2.69. The minimum atomic E-state index is -0.730. The van der Waals surface area contributed by atoms with Crippen LogP contribution in [-0.4, -0.2) is 25.2 Å². The fourth-order valence-corrected chi connectivity index (χ4v) is 3.32. The van der Waals surface area contributed by atoms with Crippen LogP contribution in [0.2, 0.25) is 0 Å². The number of rotatable bonds is 6. The molecule has 0 spiro atoms. The monoisotopic (exact) mass is 408 g/mol. The van der Waals surface area contributed by atoms with E-state index in [-0.39, 0.29) is 35.0 Å². The number of aromatic amines is 1. The van der Waals surface area contributed by atoms with Crippen molar-refractivity contribution in [3.63, 3.8) is 0 Å². The number of aromatic nitrogens is 3. The van der Waals surface area contributed by atoms with Crippen LogP contribution in [-0.2, 0) is 6.54 Å². The van der Waals surface area contributed by atoms with E-state index in [1.165, 1.54) is 16.7 Å². The second kappa shape index (κ2) is 8.24. The van der Waals surface area contributed by atoms with E-state index in [2.05, 4.69) is 9.97 Å². The highest BCUT2D eigenvalue weighted by Crippen LogP contribution is 2.23. The fourth-order valence-electron chi connectivity index (χ4n) is 3.32. The van der Waals surface area contributed by atoms with Gasteiger partial charge >= 0.3 is 5.69 Å².